The molecule has 2 aromatic carbocycles. The predicted octanol–water partition coefficient (Wildman–Crippen LogP) is 3.98. The maximum atomic E-state index is 12.0. The van der Waals surface area contributed by atoms with E-state index in [2.05, 4.69) is 10.6 Å². The summed E-state index contributed by atoms with van der Waals surface area (Å²) in [6, 6.07) is 17.4. The molecule has 0 aliphatic carbocycles. The van der Waals surface area contributed by atoms with E-state index in [1.54, 1.807) is 0 Å². The van der Waals surface area contributed by atoms with Crippen molar-refractivity contribution in [2.24, 2.45) is 0 Å². The van der Waals surface area contributed by atoms with Crippen molar-refractivity contribution in [1.29, 1.82) is 0 Å². The summed E-state index contributed by atoms with van der Waals surface area (Å²) in [6.07, 6.45) is 2.74. The molecular weight excluding hydrogens is 312 g/mol. The minimum atomic E-state index is 0. The molecule has 2 N–H and O–H groups in total. The van der Waals surface area contributed by atoms with Gasteiger partial charge in [-0.2, -0.15) is 0 Å². The second-order valence-corrected chi connectivity index (χ2v) is 5.49. The molecule has 1 fully saturated rings. The second-order valence-electron chi connectivity index (χ2n) is 5.49. The number of hydrogen-bond donors (Lipinski definition) is 2. The van der Waals surface area contributed by atoms with Gasteiger partial charge in [-0.1, -0.05) is 24.3 Å². The highest BCUT2D eigenvalue weighted by atomic mass is 35.5. The largest absolute Gasteiger partial charge is 0.457 e. The van der Waals surface area contributed by atoms with E-state index in [1.807, 2.05) is 54.6 Å². The van der Waals surface area contributed by atoms with Crippen molar-refractivity contribution in [3.05, 3.63) is 54.6 Å². The number of hydrogen-bond acceptors (Lipinski definition) is 3. The Hall–Kier alpha value is -2.04. The molecule has 0 bridgehead atoms. The molecule has 1 aliphatic rings. The SMILES string of the molecule is Cl.O=C(CC1CCCN1)Nc1cccc(Oc2ccccc2)c1. The molecule has 4 nitrogen and oxygen atoms in total. The highest BCUT2D eigenvalue weighted by molar-refractivity contribution is 5.91. The smallest absolute Gasteiger partial charge is 0.225 e. The molecule has 1 amide bonds. The van der Waals surface area contributed by atoms with E-state index in [1.165, 1.54) is 0 Å². The third-order valence-electron chi connectivity index (χ3n) is 3.69. The summed E-state index contributed by atoms with van der Waals surface area (Å²) in [6.45, 7) is 1.01. The lowest BCUT2D eigenvalue weighted by Gasteiger charge is -2.11. The quantitative estimate of drug-likeness (QED) is 0.870. The first-order valence-electron chi connectivity index (χ1n) is 7.66. The fraction of sp³-hybridized carbons (Fsp3) is 0.278. The topological polar surface area (TPSA) is 50.4 Å². The number of nitrogens with one attached hydrogen (secondary N) is 2. The average molecular weight is 333 g/mol. The summed E-state index contributed by atoms with van der Waals surface area (Å²) < 4.78 is 5.77. The zero-order chi connectivity index (χ0) is 15.2. The number of rotatable bonds is 5. The third-order valence-corrected chi connectivity index (χ3v) is 3.69. The average Bonchev–Trinajstić information content (AvgIpc) is 3.01. The Bertz CT molecular complexity index is 628. The molecule has 0 radical (unpaired) electrons. The fourth-order valence-electron chi connectivity index (χ4n) is 2.63. The van der Waals surface area contributed by atoms with Crippen LogP contribution in [0.4, 0.5) is 5.69 Å². The van der Waals surface area contributed by atoms with Gasteiger partial charge in [0.05, 0.1) is 0 Å². The van der Waals surface area contributed by atoms with Crippen LogP contribution in [-0.4, -0.2) is 18.5 Å². The zero-order valence-electron chi connectivity index (χ0n) is 12.8. The molecule has 0 aromatic heterocycles. The van der Waals surface area contributed by atoms with Gasteiger partial charge in [0.2, 0.25) is 5.91 Å². The number of benzene rings is 2. The van der Waals surface area contributed by atoms with E-state index in [9.17, 15) is 4.79 Å². The van der Waals surface area contributed by atoms with Crippen molar-refractivity contribution in [3.8, 4) is 11.5 Å². The van der Waals surface area contributed by atoms with Gasteiger partial charge < -0.3 is 15.4 Å². The van der Waals surface area contributed by atoms with Gasteiger partial charge in [0.25, 0.3) is 0 Å². The number of carbonyl (C=O) groups excluding carboxylic acids is 1. The molecule has 1 heterocycles. The van der Waals surface area contributed by atoms with Gasteiger partial charge in [0.15, 0.2) is 0 Å². The first-order valence-corrected chi connectivity index (χ1v) is 7.66. The van der Waals surface area contributed by atoms with Crippen LogP contribution in [0.3, 0.4) is 0 Å². The van der Waals surface area contributed by atoms with Crippen LogP contribution in [0.15, 0.2) is 54.6 Å². The van der Waals surface area contributed by atoms with E-state index in [0.717, 1.165) is 30.8 Å². The van der Waals surface area contributed by atoms with Crippen LogP contribution in [0.2, 0.25) is 0 Å². The zero-order valence-corrected chi connectivity index (χ0v) is 13.6. The molecule has 3 rings (SSSR count). The Morgan fingerprint density at radius 1 is 1.13 bits per heavy atom. The summed E-state index contributed by atoms with van der Waals surface area (Å²) in [7, 11) is 0. The molecule has 5 heteroatoms. The first kappa shape index (κ1) is 17.3. The van der Waals surface area contributed by atoms with Crippen LogP contribution < -0.4 is 15.4 Å². The van der Waals surface area contributed by atoms with Gasteiger partial charge in [0, 0.05) is 24.2 Å². The number of para-hydroxylation sites is 1. The Kier molecular flexibility index (Phi) is 6.44. The molecule has 1 aliphatic heterocycles. The second kappa shape index (κ2) is 8.56. The lowest BCUT2D eigenvalue weighted by atomic mass is 10.1. The first-order chi connectivity index (χ1) is 10.8. The van der Waals surface area contributed by atoms with Crippen molar-refractivity contribution < 1.29 is 9.53 Å². The van der Waals surface area contributed by atoms with E-state index in [4.69, 9.17) is 4.74 Å². The molecule has 0 spiro atoms. The summed E-state index contributed by atoms with van der Waals surface area (Å²) in [4.78, 5) is 12.0. The Balaban J connectivity index is 0.00000192. The van der Waals surface area contributed by atoms with Gasteiger partial charge in [0.1, 0.15) is 11.5 Å². The lowest BCUT2D eigenvalue weighted by molar-refractivity contribution is -0.116. The van der Waals surface area contributed by atoms with Gasteiger partial charge in [-0.25, -0.2) is 0 Å². The minimum absolute atomic E-state index is 0. The maximum Gasteiger partial charge on any atom is 0.225 e. The highest BCUT2D eigenvalue weighted by Crippen LogP contribution is 2.24. The molecule has 0 saturated carbocycles. The maximum absolute atomic E-state index is 12.0. The summed E-state index contributed by atoms with van der Waals surface area (Å²) >= 11 is 0. The molecule has 2 aromatic rings. The number of ether oxygens (including phenoxy) is 1. The van der Waals surface area contributed by atoms with Crippen molar-refractivity contribution in [2.45, 2.75) is 25.3 Å². The van der Waals surface area contributed by atoms with E-state index in [-0.39, 0.29) is 18.3 Å². The number of amides is 1. The van der Waals surface area contributed by atoms with Crippen LogP contribution in [0.5, 0.6) is 11.5 Å². The molecule has 122 valence electrons. The molecular formula is C18H21ClN2O2. The van der Waals surface area contributed by atoms with Crippen molar-refractivity contribution >= 4 is 24.0 Å². The minimum Gasteiger partial charge on any atom is -0.457 e. The molecule has 1 saturated heterocycles. The van der Waals surface area contributed by atoms with Gasteiger partial charge >= 0.3 is 0 Å². The Labute approximate surface area is 142 Å². The van der Waals surface area contributed by atoms with Crippen LogP contribution in [0.1, 0.15) is 19.3 Å². The summed E-state index contributed by atoms with van der Waals surface area (Å²) in [5, 5.41) is 6.27. The van der Waals surface area contributed by atoms with E-state index in [0.29, 0.717) is 18.2 Å². The Morgan fingerprint density at radius 2 is 1.91 bits per heavy atom. The standard InChI is InChI=1S/C18H20N2O2.ClH/c21-18(13-14-7-5-11-19-14)20-15-6-4-10-17(12-15)22-16-8-2-1-3-9-16;/h1-4,6,8-10,12,14,19H,5,7,11,13H2,(H,20,21);1H. The van der Waals surface area contributed by atoms with Gasteiger partial charge in [-0.05, 0) is 43.7 Å². The Morgan fingerprint density at radius 3 is 2.65 bits per heavy atom. The molecule has 1 atom stereocenters. The van der Waals surface area contributed by atoms with Crippen molar-refractivity contribution in [1.82, 2.24) is 5.32 Å². The van der Waals surface area contributed by atoms with Crippen LogP contribution >= 0.6 is 12.4 Å². The normalized spacial score (nSPS) is 16.4. The lowest BCUT2D eigenvalue weighted by Crippen LogP contribution is -2.27. The van der Waals surface area contributed by atoms with Crippen molar-refractivity contribution in [2.75, 3.05) is 11.9 Å². The van der Waals surface area contributed by atoms with Gasteiger partial charge in [-0.3, -0.25) is 4.79 Å². The summed E-state index contributed by atoms with van der Waals surface area (Å²) in [5.41, 5.74) is 0.761. The predicted molar refractivity (Wildman–Crippen MR) is 94.5 cm³/mol. The molecule has 23 heavy (non-hydrogen) atoms. The monoisotopic (exact) mass is 332 g/mol. The van der Waals surface area contributed by atoms with Crippen molar-refractivity contribution in [3.63, 3.8) is 0 Å². The van der Waals surface area contributed by atoms with Crippen LogP contribution in [-0.2, 0) is 4.79 Å². The number of carbonyl (C=O) groups is 1. The highest BCUT2D eigenvalue weighted by Gasteiger charge is 2.17. The fourth-order valence-corrected chi connectivity index (χ4v) is 2.63. The summed E-state index contributed by atoms with van der Waals surface area (Å²) in [5.74, 6) is 1.53. The van der Waals surface area contributed by atoms with Gasteiger partial charge in [-0.15, -0.1) is 12.4 Å². The van der Waals surface area contributed by atoms with Crippen LogP contribution in [0, 0.1) is 0 Å². The van der Waals surface area contributed by atoms with E-state index >= 15 is 0 Å². The number of halogens is 1. The van der Waals surface area contributed by atoms with E-state index < -0.39 is 0 Å². The third kappa shape index (κ3) is 5.27. The molecule has 1 unspecified atom stereocenters. The van der Waals surface area contributed by atoms with Crippen LogP contribution in [0.25, 0.3) is 0 Å². The number of anilines is 1.